The first-order valence-corrected chi connectivity index (χ1v) is 8.07. The molecule has 2 aromatic rings. The minimum absolute atomic E-state index is 0.167. The summed E-state index contributed by atoms with van der Waals surface area (Å²) in [5.74, 6) is -0.623. The molecule has 3 N–H and O–H groups in total. The third kappa shape index (κ3) is 2.14. The van der Waals surface area contributed by atoms with E-state index in [1.54, 1.807) is 0 Å². The lowest BCUT2D eigenvalue weighted by molar-refractivity contribution is 0.100. The van der Waals surface area contributed by atoms with E-state index in [9.17, 15) is 9.59 Å². The normalized spacial score (nSPS) is 13.2. The van der Waals surface area contributed by atoms with Crippen LogP contribution >= 0.6 is 22.7 Å². The van der Waals surface area contributed by atoms with Gasteiger partial charge in [0.25, 0.3) is 11.8 Å². The zero-order valence-corrected chi connectivity index (χ0v) is 12.6. The standard InChI is InChI=1S/C14H14N2O2S2/c1-7-5-6-19-11(7)13(18)16-14-10(12(15)17)8-3-2-4-9(8)20-14/h5-6H,2-4H2,1H3,(H2,15,17)(H,16,18). The molecule has 0 atom stereocenters. The van der Waals surface area contributed by atoms with E-state index >= 15 is 0 Å². The van der Waals surface area contributed by atoms with Crippen LogP contribution < -0.4 is 11.1 Å². The second kappa shape index (κ2) is 5.03. The molecular formula is C14H14N2O2S2. The summed E-state index contributed by atoms with van der Waals surface area (Å²) in [5.41, 5.74) is 7.95. The van der Waals surface area contributed by atoms with Crippen molar-refractivity contribution in [2.75, 3.05) is 5.32 Å². The van der Waals surface area contributed by atoms with Crippen LogP contribution in [-0.2, 0) is 12.8 Å². The van der Waals surface area contributed by atoms with E-state index in [1.165, 1.54) is 27.6 Å². The summed E-state index contributed by atoms with van der Waals surface area (Å²) in [6.07, 6.45) is 2.89. The number of hydrogen-bond acceptors (Lipinski definition) is 4. The van der Waals surface area contributed by atoms with Crippen molar-refractivity contribution in [3.05, 3.63) is 37.9 Å². The summed E-state index contributed by atoms with van der Waals surface area (Å²) in [6.45, 7) is 1.90. The summed E-state index contributed by atoms with van der Waals surface area (Å²) in [7, 11) is 0. The molecule has 0 aliphatic heterocycles. The van der Waals surface area contributed by atoms with Crippen LogP contribution in [-0.4, -0.2) is 11.8 Å². The number of hydrogen-bond donors (Lipinski definition) is 2. The van der Waals surface area contributed by atoms with Crippen molar-refractivity contribution in [3.8, 4) is 0 Å². The van der Waals surface area contributed by atoms with Crippen LogP contribution in [0.5, 0.6) is 0 Å². The predicted octanol–water partition coefficient (Wildman–Crippen LogP) is 2.96. The van der Waals surface area contributed by atoms with Gasteiger partial charge in [0, 0.05) is 4.88 Å². The van der Waals surface area contributed by atoms with Gasteiger partial charge < -0.3 is 11.1 Å². The summed E-state index contributed by atoms with van der Waals surface area (Å²) in [6, 6.07) is 1.91. The molecule has 0 bridgehead atoms. The lowest BCUT2D eigenvalue weighted by Crippen LogP contribution is -2.17. The van der Waals surface area contributed by atoms with Crippen LogP contribution in [0.3, 0.4) is 0 Å². The molecule has 6 heteroatoms. The molecule has 2 amide bonds. The van der Waals surface area contributed by atoms with Crippen molar-refractivity contribution < 1.29 is 9.59 Å². The summed E-state index contributed by atoms with van der Waals surface area (Å²) < 4.78 is 0. The number of rotatable bonds is 3. The molecule has 4 nitrogen and oxygen atoms in total. The number of amides is 2. The van der Waals surface area contributed by atoms with Crippen molar-refractivity contribution in [2.45, 2.75) is 26.2 Å². The molecule has 0 spiro atoms. The van der Waals surface area contributed by atoms with E-state index in [2.05, 4.69) is 5.32 Å². The Morgan fingerprint density at radius 2 is 2.15 bits per heavy atom. The van der Waals surface area contributed by atoms with E-state index < -0.39 is 5.91 Å². The van der Waals surface area contributed by atoms with E-state index in [0.29, 0.717) is 15.4 Å². The van der Waals surface area contributed by atoms with Crippen LogP contribution in [0.15, 0.2) is 11.4 Å². The van der Waals surface area contributed by atoms with Crippen molar-refractivity contribution in [1.82, 2.24) is 0 Å². The van der Waals surface area contributed by atoms with Crippen LogP contribution in [0.1, 0.15) is 42.5 Å². The first kappa shape index (κ1) is 13.3. The summed E-state index contributed by atoms with van der Waals surface area (Å²) in [4.78, 5) is 25.8. The van der Waals surface area contributed by atoms with Gasteiger partial charge in [-0.05, 0) is 48.8 Å². The number of fused-ring (bicyclic) bond motifs is 1. The van der Waals surface area contributed by atoms with Gasteiger partial charge in [-0.2, -0.15) is 0 Å². The van der Waals surface area contributed by atoms with Gasteiger partial charge in [-0.15, -0.1) is 22.7 Å². The molecule has 104 valence electrons. The molecule has 0 aromatic carbocycles. The fraction of sp³-hybridized carbons (Fsp3) is 0.286. The largest absolute Gasteiger partial charge is 0.365 e. The maximum absolute atomic E-state index is 12.3. The van der Waals surface area contributed by atoms with Gasteiger partial charge in [-0.25, -0.2) is 0 Å². The number of aryl methyl sites for hydroxylation is 2. The first-order chi connectivity index (χ1) is 9.58. The number of thiophene rings is 2. The number of carbonyl (C=O) groups excluding carboxylic acids is 2. The van der Waals surface area contributed by atoms with E-state index in [1.807, 2.05) is 18.4 Å². The zero-order chi connectivity index (χ0) is 14.3. The Bertz CT molecular complexity index is 700. The van der Waals surface area contributed by atoms with Crippen LogP contribution in [0, 0.1) is 6.92 Å². The van der Waals surface area contributed by atoms with Crippen LogP contribution in [0.4, 0.5) is 5.00 Å². The maximum Gasteiger partial charge on any atom is 0.266 e. The van der Waals surface area contributed by atoms with Crippen molar-refractivity contribution >= 4 is 39.5 Å². The fourth-order valence-electron chi connectivity index (χ4n) is 2.52. The van der Waals surface area contributed by atoms with Gasteiger partial charge in [0.15, 0.2) is 0 Å². The topological polar surface area (TPSA) is 72.2 Å². The van der Waals surface area contributed by atoms with Crippen molar-refractivity contribution in [2.24, 2.45) is 5.73 Å². The molecule has 0 saturated heterocycles. The number of primary amides is 1. The van der Waals surface area contributed by atoms with Crippen molar-refractivity contribution in [3.63, 3.8) is 0 Å². The highest BCUT2D eigenvalue weighted by Gasteiger charge is 2.26. The number of nitrogens with one attached hydrogen (secondary N) is 1. The minimum Gasteiger partial charge on any atom is -0.365 e. The van der Waals surface area contributed by atoms with Gasteiger partial charge in [-0.3, -0.25) is 9.59 Å². The second-order valence-corrected chi connectivity index (χ2v) is 6.83. The van der Waals surface area contributed by atoms with Gasteiger partial charge in [0.2, 0.25) is 0 Å². The molecule has 0 fully saturated rings. The number of carbonyl (C=O) groups is 2. The Labute approximate surface area is 124 Å². The highest BCUT2D eigenvalue weighted by Crippen LogP contribution is 2.39. The molecule has 0 radical (unpaired) electrons. The molecule has 0 unspecified atom stereocenters. The quantitative estimate of drug-likeness (QED) is 0.915. The third-order valence-electron chi connectivity index (χ3n) is 3.46. The van der Waals surface area contributed by atoms with Crippen LogP contribution in [0.2, 0.25) is 0 Å². The average molecular weight is 306 g/mol. The van der Waals surface area contributed by atoms with Gasteiger partial charge >= 0.3 is 0 Å². The Hall–Kier alpha value is -1.66. The Morgan fingerprint density at radius 3 is 2.80 bits per heavy atom. The van der Waals surface area contributed by atoms with E-state index in [0.717, 1.165) is 30.4 Å². The SMILES string of the molecule is Cc1ccsc1C(=O)Nc1sc2c(c1C(N)=O)CCC2. The monoisotopic (exact) mass is 306 g/mol. The highest BCUT2D eigenvalue weighted by molar-refractivity contribution is 7.17. The van der Waals surface area contributed by atoms with Gasteiger partial charge in [-0.1, -0.05) is 0 Å². The first-order valence-electron chi connectivity index (χ1n) is 6.37. The maximum atomic E-state index is 12.3. The molecule has 2 heterocycles. The molecule has 3 rings (SSSR count). The Kier molecular flexibility index (Phi) is 3.35. The number of anilines is 1. The molecule has 0 saturated carbocycles. The summed E-state index contributed by atoms with van der Waals surface area (Å²) in [5, 5.41) is 5.33. The third-order valence-corrected chi connectivity index (χ3v) is 5.69. The smallest absolute Gasteiger partial charge is 0.266 e. The number of nitrogens with two attached hydrogens (primary N) is 1. The highest BCUT2D eigenvalue weighted by atomic mass is 32.1. The molecule has 1 aliphatic carbocycles. The minimum atomic E-state index is -0.456. The lowest BCUT2D eigenvalue weighted by Gasteiger charge is -2.05. The Morgan fingerprint density at radius 1 is 1.35 bits per heavy atom. The fourth-order valence-corrected chi connectivity index (χ4v) is 4.63. The second-order valence-electron chi connectivity index (χ2n) is 4.81. The van der Waals surface area contributed by atoms with Crippen LogP contribution in [0.25, 0.3) is 0 Å². The van der Waals surface area contributed by atoms with Gasteiger partial charge in [0.1, 0.15) is 5.00 Å². The zero-order valence-electron chi connectivity index (χ0n) is 11.0. The van der Waals surface area contributed by atoms with Gasteiger partial charge in [0.05, 0.1) is 10.4 Å². The predicted molar refractivity (Wildman–Crippen MR) is 81.9 cm³/mol. The molecular weight excluding hydrogens is 292 g/mol. The van der Waals surface area contributed by atoms with E-state index in [4.69, 9.17) is 5.73 Å². The molecule has 20 heavy (non-hydrogen) atoms. The van der Waals surface area contributed by atoms with E-state index in [-0.39, 0.29) is 5.91 Å². The Balaban J connectivity index is 1.94. The molecule has 2 aromatic heterocycles. The lowest BCUT2D eigenvalue weighted by atomic mass is 10.1. The average Bonchev–Trinajstić information content (AvgIpc) is 3.03. The molecule has 1 aliphatic rings. The summed E-state index contributed by atoms with van der Waals surface area (Å²) >= 11 is 2.88. The van der Waals surface area contributed by atoms with Crippen molar-refractivity contribution in [1.29, 1.82) is 0 Å².